The molecule has 27 heavy (non-hydrogen) atoms. The summed E-state index contributed by atoms with van der Waals surface area (Å²) in [5.74, 6) is 0. The zero-order valence-corrected chi connectivity index (χ0v) is 14.4. The van der Waals surface area contributed by atoms with Crippen LogP contribution in [0.15, 0.2) is 60.7 Å². The van der Waals surface area contributed by atoms with Gasteiger partial charge < -0.3 is 14.9 Å². The van der Waals surface area contributed by atoms with E-state index in [1.54, 1.807) is 0 Å². The lowest BCUT2D eigenvalue weighted by molar-refractivity contribution is 0.000129. The van der Waals surface area contributed by atoms with E-state index in [0.717, 1.165) is 22.1 Å². The van der Waals surface area contributed by atoms with Gasteiger partial charge in [0.2, 0.25) is 0 Å². The summed E-state index contributed by atoms with van der Waals surface area (Å²) in [6.07, 6.45) is -2.18. The average molecular weight is 352 g/mol. The molecule has 3 heteroatoms. The standard InChI is InChI=1S/C24H16O3/c25-21-17-10-15-13-7-3-4-8-14(13)18-12-6-2-1-5-11(12)9-16(19(15)18)20(17)23-24(27-23)22(21)26/h1-10,21-26H. The Kier molecular flexibility index (Phi) is 2.43. The molecule has 7 rings (SSSR count). The molecule has 1 saturated heterocycles. The van der Waals surface area contributed by atoms with Gasteiger partial charge in [0.15, 0.2) is 0 Å². The summed E-state index contributed by atoms with van der Waals surface area (Å²) >= 11 is 0. The number of hydrogen-bond donors (Lipinski definition) is 2. The largest absolute Gasteiger partial charge is 0.387 e. The Labute approximate surface area is 155 Å². The van der Waals surface area contributed by atoms with E-state index in [1.807, 2.05) is 0 Å². The number of ether oxygens (including phenoxy) is 1. The molecule has 130 valence electrons. The molecule has 1 aliphatic heterocycles. The molecule has 4 atom stereocenters. The van der Waals surface area contributed by atoms with Crippen LogP contribution in [0.4, 0.5) is 0 Å². The summed E-state index contributed by atoms with van der Waals surface area (Å²) in [6, 6.07) is 21.2. The van der Waals surface area contributed by atoms with Crippen molar-refractivity contribution >= 4 is 21.5 Å². The van der Waals surface area contributed by atoms with Crippen molar-refractivity contribution in [3.63, 3.8) is 0 Å². The predicted molar refractivity (Wildman–Crippen MR) is 104 cm³/mol. The molecule has 1 heterocycles. The number of aliphatic hydroxyl groups excluding tert-OH is 2. The van der Waals surface area contributed by atoms with Gasteiger partial charge in [-0.2, -0.15) is 0 Å². The van der Waals surface area contributed by atoms with E-state index in [9.17, 15) is 10.2 Å². The normalized spacial score (nSPS) is 26.7. The summed E-state index contributed by atoms with van der Waals surface area (Å²) in [6.45, 7) is 0. The third kappa shape index (κ3) is 1.60. The molecule has 4 aromatic carbocycles. The van der Waals surface area contributed by atoms with Crippen LogP contribution in [-0.4, -0.2) is 22.4 Å². The fourth-order valence-corrected chi connectivity index (χ4v) is 5.27. The molecule has 0 radical (unpaired) electrons. The van der Waals surface area contributed by atoms with Crippen LogP contribution in [0, 0.1) is 0 Å². The van der Waals surface area contributed by atoms with E-state index in [1.165, 1.54) is 32.8 Å². The van der Waals surface area contributed by atoms with Gasteiger partial charge in [-0.25, -0.2) is 0 Å². The second-order valence-corrected chi connectivity index (χ2v) is 7.82. The molecular weight excluding hydrogens is 336 g/mol. The molecule has 4 aromatic rings. The summed E-state index contributed by atoms with van der Waals surface area (Å²) in [5.41, 5.74) is 6.70. The molecule has 0 aromatic heterocycles. The maximum absolute atomic E-state index is 10.8. The van der Waals surface area contributed by atoms with Crippen LogP contribution in [0.5, 0.6) is 0 Å². The quantitative estimate of drug-likeness (QED) is 0.319. The first kappa shape index (κ1) is 14.4. The predicted octanol–water partition coefficient (Wildman–Crippen LogP) is 4.49. The average Bonchev–Trinajstić information content (AvgIpc) is 3.43. The zero-order valence-electron chi connectivity index (χ0n) is 14.4. The first-order valence-electron chi connectivity index (χ1n) is 9.37. The molecule has 0 saturated carbocycles. The Hall–Kier alpha value is -2.72. The molecule has 1 fully saturated rings. The smallest absolute Gasteiger partial charge is 0.118 e. The Bertz CT molecular complexity index is 1310. The minimum Gasteiger partial charge on any atom is -0.387 e. The SMILES string of the molecule is OC1c2cc3c4c(c5ccccc5cc4c2C2OC2C1O)-c1ccccc1-3. The van der Waals surface area contributed by atoms with E-state index in [4.69, 9.17) is 4.74 Å². The van der Waals surface area contributed by atoms with Crippen molar-refractivity contribution in [2.24, 2.45) is 0 Å². The minimum absolute atomic E-state index is 0.120. The van der Waals surface area contributed by atoms with Crippen LogP contribution in [0.3, 0.4) is 0 Å². The van der Waals surface area contributed by atoms with Gasteiger partial charge >= 0.3 is 0 Å². The van der Waals surface area contributed by atoms with Crippen molar-refractivity contribution in [2.75, 3.05) is 0 Å². The highest BCUT2D eigenvalue weighted by Crippen LogP contribution is 2.58. The molecule has 0 amide bonds. The van der Waals surface area contributed by atoms with E-state index in [-0.39, 0.29) is 12.2 Å². The Morgan fingerprint density at radius 1 is 0.778 bits per heavy atom. The Morgan fingerprint density at radius 2 is 1.56 bits per heavy atom. The highest BCUT2D eigenvalue weighted by molar-refractivity contribution is 6.24. The van der Waals surface area contributed by atoms with Gasteiger partial charge in [-0.3, -0.25) is 0 Å². The van der Waals surface area contributed by atoms with Gasteiger partial charge in [0.1, 0.15) is 24.4 Å². The van der Waals surface area contributed by atoms with Crippen molar-refractivity contribution in [1.29, 1.82) is 0 Å². The number of hydrogen-bond acceptors (Lipinski definition) is 3. The first-order chi connectivity index (χ1) is 13.2. The molecule has 3 nitrogen and oxygen atoms in total. The molecule has 2 aliphatic carbocycles. The van der Waals surface area contributed by atoms with E-state index in [0.29, 0.717) is 0 Å². The second kappa shape index (κ2) is 4.57. The highest BCUT2D eigenvalue weighted by atomic mass is 16.6. The van der Waals surface area contributed by atoms with E-state index >= 15 is 0 Å². The van der Waals surface area contributed by atoms with Crippen molar-refractivity contribution in [1.82, 2.24) is 0 Å². The maximum atomic E-state index is 10.8. The molecular formula is C24H16O3. The highest BCUT2D eigenvalue weighted by Gasteiger charge is 2.54. The third-order valence-electron chi connectivity index (χ3n) is 6.50. The molecule has 2 N–H and O–H groups in total. The number of rotatable bonds is 0. The van der Waals surface area contributed by atoms with Crippen molar-refractivity contribution < 1.29 is 14.9 Å². The lowest BCUT2D eigenvalue weighted by Crippen LogP contribution is -2.29. The van der Waals surface area contributed by atoms with Crippen LogP contribution in [0.2, 0.25) is 0 Å². The van der Waals surface area contributed by atoms with Crippen LogP contribution in [0.25, 0.3) is 43.8 Å². The van der Waals surface area contributed by atoms with Gasteiger partial charge in [-0.15, -0.1) is 0 Å². The maximum Gasteiger partial charge on any atom is 0.118 e. The first-order valence-corrected chi connectivity index (χ1v) is 9.37. The third-order valence-corrected chi connectivity index (χ3v) is 6.50. The number of benzene rings is 4. The van der Waals surface area contributed by atoms with Gasteiger partial charge in [0.05, 0.1) is 0 Å². The monoisotopic (exact) mass is 352 g/mol. The van der Waals surface area contributed by atoms with Gasteiger partial charge in [-0.1, -0.05) is 48.5 Å². The lowest BCUT2D eigenvalue weighted by atomic mass is 9.81. The van der Waals surface area contributed by atoms with Gasteiger partial charge in [0, 0.05) is 0 Å². The number of epoxide rings is 1. The van der Waals surface area contributed by atoms with E-state index < -0.39 is 12.2 Å². The summed E-state index contributed by atoms with van der Waals surface area (Å²) in [4.78, 5) is 0. The van der Waals surface area contributed by atoms with Crippen molar-refractivity contribution in [2.45, 2.75) is 24.4 Å². The molecule has 0 bridgehead atoms. The molecule has 4 unspecified atom stereocenters. The number of fused-ring (bicyclic) bond motifs is 9. The van der Waals surface area contributed by atoms with Gasteiger partial charge in [-0.05, 0) is 67.1 Å². The van der Waals surface area contributed by atoms with Crippen LogP contribution in [-0.2, 0) is 4.74 Å². The summed E-state index contributed by atoms with van der Waals surface area (Å²) < 4.78 is 5.77. The van der Waals surface area contributed by atoms with Crippen molar-refractivity contribution in [3.8, 4) is 22.3 Å². The lowest BCUT2D eigenvalue weighted by Gasteiger charge is -2.25. The zero-order chi connectivity index (χ0) is 17.9. The Morgan fingerprint density at radius 3 is 2.44 bits per heavy atom. The minimum atomic E-state index is -0.910. The molecule has 0 spiro atoms. The fourth-order valence-electron chi connectivity index (χ4n) is 5.27. The second-order valence-electron chi connectivity index (χ2n) is 7.82. The van der Waals surface area contributed by atoms with Gasteiger partial charge in [0.25, 0.3) is 0 Å². The van der Waals surface area contributed by atoms with Crippen molar-refractivity contribution in [3.05, 3.63) is 71.8 Å². The summed E-state index contributed by atoms with van der Waals surface area (Å²) in [5, 5.41) is 26.0. The topological polar surface area (TPSA) is 53.0 Å². The molecule has 3 aliphatic rings. The fraction of sp³-hybridized carbons (Fsp3) is 0.167. The van der Waals surface area contributed by atoms with E-state index in [2.05, 4.69) is 60.7 Å². The van der Waals surface area contributed by atoms with Crippen LogP contribution < -0.4 is 0 Å². The van der Waals surface area contributed by atoms with Crippen LogP contribution in [0.1, 0.15) is 23.3 Å². The van der Waals surface area contributed by atoms with Crippen LogP contribution >= 0.6 is 0 Å². The summed E-state index contributed by atoms with van der Waals surface area (Å²) in [7, 11) is 0. The number of aliphatic hydroxyl groups is 2. The Balaban J connectivity index is 1.74.